The van der Waals surface area contributed by atoms with Gasteiger partial charge >= 0.3 is 0 Å². The maximum Gasteiger partial charge on any atom is 0.251 e. The first kappa shape index (κ1) is 19.1. The van der Waals surface area contributed by atoms with Crippen molar-refractivity contribution < 1.29 is 14.3 Å². The molecule has 0 spiro atoms. The largest absolute Gasteiger partial charge is 0.496 e. The first-order valence-corrected chi connectivity index (χ1v) is 8.84. The summed E-state index contributed by atoms with van der Waals surface area (Å²) in [7, 11) is 1.60. The average Bonchev–Trinajstić information content (AvgIpc) is 2.76. The molecule has 0 bridgehead atoms. The summed E-state index contributed by atoms with van der Waals surface area (Å²) in [5, 5.41) is 5.70. The van der Waals surface area contributed by atoms with Crippen LogP contribution in [0, 0.1) is 0 Å². The van der Waals surface area contributed by atoms with Gasteiger partial charge in [-0.25, -0.2) is 0 Å². The van der Waals surface area contributed by atoms with Gasteiger partial charge in [0, 0.05) is 42.2 Å². The van der Waals surface area contributed by atoms with Crippen LogP contribution < -0.4 is 15.4 Å². The summed E-state index contributed by atoms with van der Waals surface area (Å²) < 4.78 is 5.28. The van der Waals surface area contributed by atoms with E-state index in [1.54, 1.807) is 43.8 Å². The van der Waals surface area contributed by atoms with Gasteiger partial charge in [0.05, 0.1) is 7.11 Å². The number of benzene rings is 2. The van der Waals surface area contributed by atoms with Gasteiger partial charge in [0.1, 0.15) is 5.75 Å². The Morgan fingerprint density at radius 2 is 1.39 bits per heavy atom. The van der Waals surface area contributed by atoms with Gasteiger partial charge in [0.25, 0.3) is 11.8 Å². The Kier molecular flexibility index (Phi) is 6.36. The van der Waals surface area contributed by atoms with E-state index in [1.165, 1.54) is 0 Å². The highest BCUT2D eigenvalue weighted by Gasteiger charge is 2.10. The molecule has 0 radical (unpaired) electrons. The first-order chi connectivity index (χ1) is 13.7. The fourth-order valence-electron chi connectivity index (χ4n) is 2.68. The van der Waals surface area contributed by atoms with Gasteiger partial charge in [-0.2, -0.15) is 0 Å². The van der Waals surface area contributed by atoms with Crippen LogP contribution >= 0.6 is 0 Å². The van der Waals surface area contributed by atoms with Gasteiger partial charge in [-0.1, -0.05) is 18.2 Å². The van der Waals surface area contributed by atoms with E-state index in [0.29, 0.717) is 24.2 Å². The van der Waals surface area contributed by atoms with E-state index in [-0.39, 0.29) is 11.8 Å². The Morgan fingerprint density at radius 1 is 0.821 bits per heavy atom. The van der Waals surface area contributed by atoms with Crippen molar-refractivity contribution in [2.75, 3.05) is 7.11 Å². The molecule has 2 N–H and O–H groups in total. The van der Waals surface area contributed by atoms with Gasteiger partial charge < -0.3 is 15.4 Å². The molecule has 0 aliphatic rings. The molecule has 0 saturated carbocycles. The van der Waals surface area contributed by atoms with Gasteiger partial charge in [0.15, 0.2) is 0 Å². The Bertz CT molecular complexity index is 941. The maximum absolute atomic E-state index is 12.4. The van der Waals surface area contributed by atoms with E-state index in [0.717, 1.165) is 16.9 Å². The molecule has 2 aromatic carbocycles. The summed E-state index contributed by atoms with van der Waals surface area (Å²) in [6.07, 6.45) is 3.36. The molecule has 2 amide bonds. The first-order valence-electron chi connectivity index (χ1n) is 8.84. The number of hydrogen-bond donors (Lipinski definition) is 2. The number of ether oxygens (including phenoxy) is 1. The monoisotopic (exact) mass is 375 g/mol. The zero-order valence-electron chi connectivity index (χ0n) is 15.5. The third-order valence-corrected chi connectivity index (χ3v) is 4.24. The van der Waals surface area contributed by atoms with Gasteiger partial charge in [-0.15, -0.1) is 0 Å². The topological polar surface area (TPSA) is 80.3 Å². The number of methoxy groups -OCH3 is 1. The van der Waals surface area contributed by atoms with Gasteiger partial charge in [0.2, 0.25) is 0 Å². The van der Waals surface area contributed by atoms with Crippen LogP contribution in [0.5, 0.6) is 5.75 Å². The molecule has 6 nitrogen and oxygen atoms in total. The molecule has 3 aromatic rings. The minimum atomic E-state index is -0.213. The standard InChI is InChI=1S/C22H21N3O3/c1-28-20-5-3-2-4-19(20)15-25-22(27)18-8-6-17(7-9-18)21(26)24-14-16-10-12-23-13-11-16/h2-13H,14-15H2,1H3,(H,24,26)(H,25,27). The van der Waals surface area contributed by atoms with E-state index >= 15 is 0 Å². The van der Waals surface area contributed by atoms with E-state index in [1.807, 2.05) is 36.4 Å². The van der Waals surface area contributed by atoms with Crippen molar-refractivity contribution in [3.8, 4) is 5.75 Å². The predicted octanol–water partition coefficient (Wildman–Crippen LogP) is 2.95. The highest BCUT2D eigenvalue weighted by Crippen LogP contribution is 2.17. The zero-order valence-corrected chi connectivity index (χ0v) is 15.5. The third kappa shape index (κ3) is 4.94. The van der Waals surface area contributed by atoms with Crippen molar-refractivity contribution in [1.82, 2.24) is 15.6 Å². The number of rotatable bonds is 7. The minimum Gasteiger partial charge on any atom is -0.496 e. The van der Waals surface area contributed by atoms with E-state index in [2.05, 4.69) is 15.6 Å². The summed E-state index contributed by atoms with van der Waals surface area (Å²) in [5.41, 5.74) is 2.84. The van der Waals surface area contributed by atoms with Crippen LogP contribution in [0.3, 0.4) is 0 Å². The molecule has 0 saturated heterocycles. The minimum absolute atomic E-state index is 0.196. The highest BCUT2D eigenvalue weighted by atomic mass is 16.5. The number of amides is 2. The molecule has 28 heavy (non-hydrogen) atoms. The van der Waals surface area contributed by atoms with Crippen molar-refractivity contribution in [2.24, 2.45) is 0 Å². The molecule has 142 valence electrons. The maximum atomic E-state index is 12.4. The molecule has 0 aliphatic heterocycles. The van der Waals surface area contributed by atoms with Crippen LogP contribution in [-0.2, 0) is 13.1 Å². The third-order valence-electron chi connectivity index (χ3n) is 4.24. The highest BCUT2D eigenvalue weighted by molar-refractivity contribution is 5.97. The summed E-state index contributed by atoms with van der Waals surface area (Å²) in [6, 6.07) is 17.8. The molecule has 0 fully saturated rings. The lowest BCUT2D eigenvalue weighted by Crippen LogP contribution is -2.24. The quantitative estimate of drug-likeness (QED) is 0.665. The molecular formula is C22H21N3O3. The Hall–Kier alpha value is -3.67. The van der Waals surface area contributed by atoms with Crippen molar-refractivity contribution >= 4 is 11.8 Å². The number of carbonyl (C=O) groups is 2. The van der Waals surface area contributed by atoms with Crippen LogP contribution in [-0.4, -0.2) is 23.9 Å². The Balaban J connectivity index is 1.55. The lowest BCUT2D eigenvalue weighted by molar-refractivity contribution is 0.0939. The van der Waals surface area contributed by atoms with Crippen LogP contribution in [0.1, 0.15) is 31.8 Å². The second-order valence-corrected chi connectivity index (χ2v) is 6.11. The van der Waals surface area contributed by atoms with Crippen LogP contribution in [0.4, 0.5) is 0 Å². The molecule has 3 rings (SSSR count). The SMILES string of the molecule is COc1ccccc1CNC(=O)c1ccc(C(=O)NCc2ccncc2)cc1. The predicted molar refractivity (Wildman–Crippen MR) is 106 cm³/mol. The normalized spacial score (nSPS) is 10.2. The molecule has 0 aliphatic carbocycles. The number of aromatic nitrogens is 1. The van der Waals surface area contributed by atoms with E-state index in [4.69, 9.17) is 4.74 Å². The molecule has 1 heterocycles. The van der Waals surface area contributed by atoms with Crippen molar-refractivity contribution in [3.05, 3.63) is 95.3 Å². The summed E-state index contributed by atoms with van der Waals surface area (Å²) in [6.45, 7) is 0.777. The summed E-state index contributed by atoms with van der Waals surface area (Å²) in [4.78, 5) is 28.5. The number of nitrogens with zero attached hydrogens (tertiary/aromatic N) is 1. The Labute approximate surface area is 163 Å². The zero-order chi connectivity index (χ0) is 19.8. The average molecular weight is 375 g/mol. The van der Waals surface area contributed by atoms with Crippen molar-refractivity contribution in [2.45, 2.75) is 13.1 Å². The second kappa shape index (κ2) is 9.32. The van der Waals surface area contributed by atoms with E-state index < -0.39 is 0 Å². The second-order valence-electron chi connectivity index (χ2n) is 6.11. The number of para-hydroxylation sites is 1. The summed E-state index contributed by atoms with van der Waals surface area (Å²) in [5.74, 6) is 0.316. The summed E-state index contributed by atoms with van der Waals surface area (Å²) >= 11 is 0. The fourth-order valence-corrected chi connectivity index (χ4v) is 2.68. The van der Waals surface area contributed by atoms with Crippen molar-refractivity contribution in [3.63, 3.8) is 0 Å². The van der Waals surface area contributed by atoms with E-state index in [9.17, 15) is 9.59 Å². The lowest BCUT2D eigenvalue weighted by Gasteiger charge is -2.10. The number of nitrogens with one attached hydrogen (secondary N) is 2. The smallest absolute Gasteiger partial charge is 0.251 e. The molecule has 6 heteroatoms. The number of hydrogen-bond acceptors (Lipinski definition) is 4. The van der Waals surface area contributed by atoms with Gasteiger partial charge in [-0.05, 0) is 48.0 Å². The molecular weight excluding hydrogens is 354 g/mol. The van der Waals surface area contributed by atoms with Crippen LogP contribution in [0.25, 0.3) is 0 Å². The molecule has 0 unspecified atom stereocenters. The molecule has 0 atom stereocenters. The van der Waals surface area contributed by atoms with Crippen LogP contribution in [0.15, 0.2) is 73.1 Å². The van der Waals surface area contributed by atoms with Crippen LogP contribution in [0.2, 0.25) is 0 Å². The number of pyridine rings is 1. The van der Waals surface area contributed by atoms with Gasteiger partial charge in [-0.3, -0.25) is 14.6 Å². The van der Waals surface area contributed by atoms with Crippen molar-refractivity contribution in [1.29, 1.82) is 0 Å². The molecule has 1 aromatic heterocycles. The Morgan fingerprint density at radius 3 is 2.00 bits per heavy atom. The lowest BCUT2D eigenvalue weighted by atomic mass is 10.1. The fraction of sp³-hybridized carbons (Fsp3) is 0.136. The number of carbonyl (C=O) groups excluding carboxylic acids is 2.